The largest absolute Gasteiger partial charge is 0.393 e. The number of aliphatic hydroxyl groups is 1. The number of hydrogen-bond acceptors (Lipinski definition) is 2. The molecule has 2 heteroatoms. The molecule has 0 aromatic heterocycles. The van der Waals surface area contributed by atoms with Crippen LogP contribution in [-0.2, 0) is 0 Å². The highest BCUT2D eigenvalue weighted by Gasteiger charge is 2.36. The van der Waals surface area contributed by atoms with Crippen LogP contribution in [0.15, 0.2) is 0 Å². The maximum absolute atomic E-state index is 9.88. The first-order valence-electron chi connectivity index (χ1n) is 5.92. The Balaban J connectivity index is 2.54. The van der Waals surface area contributed by atoms with Gasteiger partial charge < -0.3 is 10.8 Å². The lowest BCUT2D eigenvalue weighted by Crippen LogP contribution is -2.50. The molecule has 0 aromatic rings. The van der Waals surface area contributed by atoms with Crippen molar-refractivity contribution < 1.29 is 5.11 Å². The van der Waals surface area contributed by atoms with E-state index in [1.165, 1.54) is 19.3 Å². The topological polar surface area (TPSA) is 46.2 Å². The zero-order chi connectivity index (χ0) is 10.8. The molecule has 0 amide bonds. The molecule has 0 aliphatic heterocycles. The molecule has 3 N–H and O–H groups in total. The highest BCUT2D eigenvalue weighted by atomic mass is 16.3. The van der Waals surface area contributed by atoms with Crippen molar-refractivity contribution in [1.29, 1.82) is 0 Å². The summed E-state index contributed by atoms with van der Waals surface area (Å²) in [5, 5.41) is 9.88. The standard InChI is InChI=1S/C12H25NO/c1-9(2)11(14)8-12(13)7-5-4-6-10(12)3/h9-11,14H,4-8,13H2,1-3H3. The smallest absolute Gasteiger partial charge is 0.0580 e. The van der Waals surface area contributed by atoms with E-state index >= 15 is 0 Å². The van der Waals surface area contributed by atoms with Crippen molar-refractivity contribution in [2.45, 2.75) is 64.5 Å². The molecule has 1 rings (SSSR count). The lowest BCUT2D eigenvalue weighted by Gasteiger charge is -2.41. The van der Waals surface area contributed by atoms with Gasteiger partial charge in [-0.1, -0.05) is 33.6 Å². The van der Waals surface area contributed by atoms with Crippen molar-refractivity contribution in [3.63, 3.8) is 0 Å². The molecule has 1 fully saturated rings. The Morgan fingerprint density at radius 2 is 2.07 bits per heavy atom. The average molecular weight is 199 g/mol. The van der Waals surface area contributed by atoms with E-state index in [4.69, 9.17) is 5.73 Å². The van der Waals surface area contributed by atoms with Crippen LogP contribution in [0.1, 0.15) is 52.9 Å². The van der Waals surface area contributed by atoms with E-state index in [0.717, 1.165) is 12.8 Å². The van der Waals surface area contributed by atoms with E-state index in [-0.39, 0.29) is 11.6 Å². The van der Waals surface area contributed by atoms with Crippen LogP contribution in [0.3, 0.4) is 0 Å². The summed E-state index contributed by atoms with van der Waals surface area (Å²) in [6.45, 7) is 6.34. The van der Waals surface area contributed by atoms with Gasteiger partial charge in [0.2, 0.25) is 0 Å². The van der Waals surface area contributed by atoms with Crippen LogP contribution in [-0.4, -0.2) is 16.7 Å². The maximum atomic E-state index is 9.88. The predicted octanol–water partition coefficient (Wildman–Crippen LogP) is 2.30. The minimum absolute atomic E-state index is 0.109. The fourth-order valence-corrected chi connectivity index (χ4v) is 2.37. The van der Waals surface area contributed by atoms with Crippen molar-refractivity contribution in [2.24, 2.45) is 17.6 Å². The van der Waals surface area contributed by atoms with E-state index < -0.39 is 0 Å². The van der Waals surface area contributed by atoms with Crippen molar-refractivity contribution in [3.8, 4) is 0 Å². The third kappa shape index (κ3) is 2.71. The summed E-state index contributed by atoms with van der Waals surface area (Å²) in [4.78, 5) is 0. The first kappa shape index (κ1) is 12.0. The van der Waals surface area contributed by atoms with Crippen LogP contribution >= 0.6 is 0 Å². The minimum Gasteiger partial charge on any atom is -0.393 e. The molecule has 84 valence electrons. The summed E-state index contributed by atoms with van der Waals surface area (Å²) in [5.41, 5.74) is 6.27. The summed E-state index contributed by atoms with van der Waals surface area (Å²) >= 11 is 0. The molecule has 1 aliphatic rings. The molecule has 1 aliphatic carbocycles. The molecule has 3 atom stereocenters. The zero-order valence-corrected chi connectivity index (χ0v) is 9.79. The van der Waals surface area contributed by atoms with Gasteiger partial charge in [-0.2, -0.15) is 0 Å². The van der Waals surface area contributed by atoms with Crippen LogP contribution in [0.25, 0.3) is 0 Å². The third-order valence-corrected chi connectivity index (χ3v) is 3.87. The van der Waals surface area contributed by atoms with Crippen molar-refractivity contribution in [1.82, 2.24) is 0 Å². The molecule has 3 unspecified atom stereocenters. The van der Waals surface area contributed by atoms with Gasteiger partial charge in [-0.15, -0.1) is 0 Å². The quantitative estimate of drug-likeness (QED) is 0.732. The highest BCUT2D eigenvalue weighted by Crippen LogP contribution is 2.35. The van der Waals surface area contributed by atoms with Gasteiger partial charge in [-0.05, 0) is 31.1 Å². The lowest BCUT2D eigenvalue weighted by molar-refractivity contribution is 0.0590. The Kier molecular flexibility index (Phi) is 3.96. The fraction of sp³-hybridized carbons (Fsp3) is 1.00. The van der Waals surface area contributed by atoms with E-state index in [0.29, 0.717) is 11.8 Å². The third-order valence-electron chi connectivity index (χ3n) is 3.87. The summed E-state index contributed by atoms with van der Waals surface area (Å²) in [7, 11) is 0. The van der Waals surface area contributed by atoms with Crippen molar-refractivity contribution >= 4 is 0 Å². The van der Waals surface area contributed by atoms with Crippen LogP contribution in [0, 0.1) is 11.8 Å². The summed E-state index contributed by atoms with van der Waals surface area (Å²) in [6, 6.07) is 0. The molecule has 1 saturated carbocycles. The molecular formula is C12H25NO. The Morgan fingerprint density at radius 1 is 1.43 bits per heavy atom. The van der Waals surface area contributed by atoms with Crippen LogP contribution in [0.5, 0.6) is 0 Å². The second kappa shape index (κ2) is 4.63. The molecule has 0 radical (unpaired) electrons. The minimum atomic E-state index is -0.236. The van der Waals surface area contributed by atoms with Crippen molar-refractivity contribution in [3.05, 3.63) is 0 Å². The summed E-state index contributed by atoms with van der Waals surface area (Å²) in [6.07, 6.45) is 5.37. The van der Waals surface area contributed by atoms with Gasteiger partial charge in [0.25, 0.3) is 0 Å². The Morgan fingerprint density at radius 3 is 2.57 bits per heavy atom. The zero-order valence-electron chi connectivity index (χ0n) is 9.79. The molecule has 0 spiro atoms. The monoisotopic (exact) mass is 199 g/mol. The Bertz CT molecular complexity index is 181. The molecular weight excluding hydrogens is 174 g/mol. The molecule has 0 heterocycles. The van der Waals surface area contributed by atoms with Crippen LogP contribution in [0.2, 0.25) is 0 Å². The van der Waals surface area contributed by atoms with Gasteiger partial charge in [0.05, 0.1) is 6.10 Å². The van der Waals surface area contributed by atoms with Crippen LogP contribution < -0.4 is 5.73 Å². The van der Waals surface area contributed by atoms with Gasteiger partial charge >= 0.3 is 0 Å². The number of aliphatic hydroxyl groups excluding tert-OH is 1. The lowest BCUT2D eigenvalue weighted by atomic mass is 9.70. The van der Waals surface area contributed by atoms with Gasteiger partial charge in [0, 0.05) is 5.54 Å². The first-order chi connectivity index (χ1) is 6.46. The Labute approximate surface area is 87.9 Å². The van der Waals surface area contributed by atoms with E-state index in [1.54, 1.807) is 0 Å². The number of nitrogens with two attached hydrogens (primary N) is 1. The summed E-state index contributed by atoms with van der Waals surface area (Å²) in [5.74, 6) is 0.884. The fourth-order valence-electron chi connectivity index (χ4n) is 2.37. The molecule has 0 bridgehead atoms. The molecule has 14 heavy (non-hydrogen) atoms. The normalized spacial score (nSPS) is 36.0. The molecule has 2 nitrogen and oxygen atoms in total. The second-order valence-electron chi connectivity index (χ2n) is 5.40. The molecule has 0 aromatic carbocycles. The Hall–Kier alpha value is -0.0800. The first-order valence-corrected chi connectivity index (χ1v) is 5.92. The summed E-state index contributed by atoms with van der Waals surface area (Å²) < 4.78 is 0. The predicted molar refractivity (Wildman–Crippen MR) is 60.0 cm³/mol. The SMILES string of the molecule is CC(C)C(O)CC1(N)CCCCC1C. The number of rotatable bonds is 3. The highest BCUT2D eigenvalue weighted by molar-refractivity contribution is 4.94. The van der Waals surface area contributed by atoms with Gasteiger partial charge in [-0.25, -0.2) is 0 Å². The van der Waals surface area contributed by atoms with E-state index in [1.807, 2.05) is 0 Å². The maximum Gasteiger partial charge on any atom is 0.0580 e. The van der Waals surface area contributed by atoms with Gasteiger partial charge in [0.15, 0.2) is 0 Å². The second-order valence-corrected chi connectivity index (χ2v) is 5.40. The van der Waals surface area contributed by atoms with E-state index in [2.05, 4.69) is 20.8 Å². The van der Waals surface area contributed by atoms with Gasteiger partial charge in [0.1, 0.15) is 0 Å². The van der Waals surface area contributed by atoms with E-state index in [9.17, 15) is 5.11 Å². The van der Waals surface area contributed by atoms with Crippen molar-refractivity contribution in [2.75, 3.05) is 0 Å². The van der Waals surface area contributed by atoms with Gasteiger partial charge in [-0.3, -0.25) is 0 Å². The molecule has 0 saturated heterocycles. The average Bonchev–Trinajstić information content (AvgIpc) is 2.10. The van der Waals surface area contributed by atoms with Crippen LogP contribution in [0.4, 0.5) is 0 Å². The number of hydrogen-bond donors (Lipinski definition) is 2.